The van der Waals surface area contributed by atoms with E-state index in [2.05, 4.69) is 0 Å². The number of carbonyl (C=O) groups excluding carboxylic acids is 1. The number of methoxy groups -OCH3 is 1. The molecule has 2 aromatic rings. The fraction of sp³-hybridized carbons (Fsp3) is 0.235. The van der Waals surface area contributed by atoms with Gasteiger partial charge in [-0.3, -0.25) is 4.79 Å². The molecule has 0 heterocycles. The quantitative estimate of drug-likeness (QED) is 0.777. The summed E-state index contributed by atoms with van der Waals surface area (Å²) < 4.78 is 5.20. The van der Waals surface area contributed by atoms with Gasteiger partial charge in [0.1, 0.15) is 5.75 Å². The lowest BCUT2D eigenvalue weighted by Crippen LogP contribution is -2.04. The summed E-state index contributed by atoms with van der Waals surface area (Å²) in [5.74, 6) is 0.946. The van der Waals surface area contributed by atoms with Crippen LogP contribution in [0.4, 0.5) is 0 Å². The molecule has 2 nitrogen and oxygen atoms in total. The minimum Gasteiger partial charge on any atom is -0.496 e. The number of Topliss-reactive ketones (excluding diaryl/α,β-unsaturated/α-hetero) is 1. The number of carbonyl (C=O) groups is 1. The molecule has 0 atom stereocenters. The zero-order valence-electron chi connectivity index (χ0n) is 11.6. The van der Waals surface area contributed by atoms with Crippen molar-refractivity contribution in [2.45, 2.75) is 20.3 Å². The first kappa shape index (κ1) is 13.3. The summed E-state index contributed by atoms with van der Waals surface area (Å²) in [5.41, 5.74) is 3.97. The minimum absolute atomic E-state index is 0.134. The molecule has 19 heavy (non-hydrogen) atoms. The van der Waals surface area contributed by atoms with Crippen LogP contribution in [0.3, 0.4) is 0 Å². The zero-order chi connectivity index (χ0) is 13.8. The molecule has 2 rings (SSSR count). The molecule has 0 amide bonds. The van der Waals surface area contributed by atoms with Gasteiger partial charge in [0.15, 0.2) is 5.78 Å². The molecule has 0 radical (unpaired) electrons. The molecular formula is C17H18O2. The normalized spacial score (nSPS) is 10.3. The molecule has 0 N–H and O–H groups in total. The van der Waals surface area contributed by atoms with Crippen LogP contribution in [0.25, 0.3) is 0 Å². The molecule has 0 saturated heterocycles. The van der Waals surface area contributed by atoms with Gasteiger partial charge >= 0.3 is 0 Å². The maximum Gasteiger partial charge on any atom is 0.167 e. The first-order chi connectivity index (χ1) is 9.10. The summed E-state index contributed by atoms with van der Waals surface area (Å²) >= 11 is 0. The average molecular weight is 254 g/mol. The van der Waals surface area contributed by atoms with E-state index in [4.69, 9.17) is 4.74 Å². The summed E-state index contributed by atoms with van der Waals surface area (Å²) in [4.78, 5) is 12.2. The van der Waals surface area contributed by atoms with Gasteiger partial charge in [0.05, 0.1) is 7.11 Å². The van der Waals surface area contributed by atoms with E-state index in [0.29, 0.717) is 6.42 Å². The molecular weight excluding hydrogens is 236 g/mol. The maximum absolute atomic E-state index is 12.2. The van der Waals surface area contributed by atoms with Crippen molar-refractivity contribution in [3.63, 3.8) is 0 Å². The van der Waals surface area contributed by atoms with Gasteiger partial charge in [-0.2, -0.15) is 0 Å². The number of hydrogen-bond donors (Lipinski definition) is 0. The molecule has 0 aromatic heterocycles. The highest BCUT2D eigenvalue weighted by Crippen LogP contribution is 2.19. The van der Waals surface area contributed by atoms with Crippen LogP contribution in [0.15, 0.2) is 42.5 Å². The topological polar surface area (TPSA) is 26.3 Å². The van der Waals surface area contributed by atoms with Gasteiger partial charge in [-0.25, -0.2) is 0 Å². The molecule has 0 aliphatic rings. The second-order valence-electron chi connectivity index (χ2n) is 4.77. The van der Waals surface area contributed by atoms with Gasteiger partial charge in [-0.15, -0.1) is 0 Å². The monoisotopic (exact) mass is 254 g/mol. The predicted octanol–water partition coefficient (Wildman–Crippen LogP) is 3.74. The van der Waals surface area contributed by atoms with Gasteiger partial charge in [0.25, 0.3) is 0 Å². The molecule has 98 valence electrons. The highest BCUT2D eigenvalue weighted by molar-refractivity contribution is 5.97. The van der Waals surface area contributed by atoms with Crippen LogP contribution in [0.2, 0.25) is 0 Å². The van der Waals surface area contributed by atoms with E-state index >= 15 is 0 Å². The van der Waals surface area contributed by atoms with Crippen LogP contribution < -0.4 is 4.74 Å². The standard InChI is InChI=1S/C17H18O2/c1-12-4-6-14(7-5-12)11-16(18)15-8-9-17(19-3)13(2)10-15/h4-10H,11H2,1-3H3. The van der Waals surface area contributed by atoms with Crippen LogP contribution in [-0.4, -0.2) is 12.9 Å². The fourth-order valence-corrected chi connectivity index (χ4v) is 2.05. The Morgan fingerprint density at radius 2 is 1.74 bits per heavy atom. The summed E-state index contributed by atoms with van der Waals surface area (Å²) in [5, 5.41) is 0. The molecule has 0 aliphatic carbocycles. The molecule has 2 heteroatoms. The van der Waals surface area contributed by atoms with E-state index in [-0.39, 0.29) is 5.78 Å². The predicted molar refractivity (Wildman–Crippen MR) is 76.9 cm³/mol. The highest BCUT2D eigenvalue weighted by atomic mass is 16.5. The lowest BCUT2D eigenvalue weighted by molar-refractivity contribution is 0.0993. The Kier molecular flexibility index (Phi) is 4.00. The number of aryl methyl sites for hydroxylation is 2. The molecule has 0 bridgehead atoms. The summed E-state index contributed by atoms with van der Waals surface area (Å²) in [7, 11) is 1.64. The molecule has 0 fully saturated rings. The first-order valence-electron chi connectivity index (χ1n) is 6.33. The van der Waals surface area contributed by atoms with Gasteiger partial charge in [0.2, 0.25) is 0 Å². The van der Waals surface area contributed by atoms with E-state index < -0.39 is 0 Å². The zero-order valence-corrected chi connectivity index (χ0v) is 11.6. The Morgan fingerprint density at radius 3 is 2.32 bits per heavy atom. The highest BCUT2D eigenvalue weighted by Gasteiger charge is 2.09. The molecule has 2 aromatic carbocycles. The minimum atomic E-state index is 0.134. The number of rotatable bonds is 4. The van der Waals surface area contributed by atoms with Crippen molar-refractivity contribution in [1.29, 1.82) is 0 Å². The SMILES string of the molecule is COc1ccc(C(=O)Cc2ccc(C)cc2)cc1C. The van der Waals surface area contributed by atoms with Crippen molar-refractivity contribution in [2.24, 2.45) is 0 Å². The third-order valence-electron chi connectivity index (χ3n) is 3.20. The third kappa shape index (κ3) is 3.22. The molecule has 0 saturated carbocycles. The van der Waals surface area contributed by atoms with E-state index in [1.807, 2.05) is 56.3 Å². The van der Waals surface area contributed by atoms with Crippen LogP contribution in [0.5, 0.6) is 5.75 Å². The third-order valence-corrected chi connectivity index (χ3v) is 3.20. The molecule has 0 aliphatic heterocycles. The van der Waals surface area contributed by atoms with Crippen LogP contribution in [0.1, 0.15) is 27.0 Å². The first-order valence-corrected chi connectivity index (χ1v) is 6.33. The van der Waals surface area contributed by atoms with Crippen LogP contribution in [-0.2, 0) is 6.42 Å². The summed E-state index contributed by atoms with van der Waals surface area (Å²) in [6, 6.07) is 13.6. The van der Waals surface area contributed by atoms with Crippen LogP contribution >= 0.6 is 0 Å². The Bertz CT molecular complexity index is 583. The van der Waals surface area contributed by atoms with Crippen molar-refractivity contribution in [1.82, 2.24) is 0 Å². The van der Waals surface area contributed by atoms with Gasteiger partial charge in [0, 0.05) is 12.0 Å². The Hall–Kier alpha value is -2.09. The van der Waals surface area contributed by atoms with Crippen LogP contribution in [0, 0.1) is 13.8 Å². The van der Waals surface area contributed by atoms with Crippen molar-refractivity contribution < 1.29 is 9.53 Å². The van der Waals surface area contributed by atoms with E-state index in [0.717, 1.165) is 22.4 Å². The second kappa shape index (κ2) is 5.70. The smallest absolute Gasteiger partial charge is 0.167 e. The Balaban J connectivity index is 2.16. The molecule has 0 spiro atoms. The number of ketones is 1. The van der Waals surface area contributed by atoms with Crippen molar-refractivity contribution in [2.75, 3.05) is 7.11 Å². The largest absolute Gasteiger partial charge is 0.496 e. The number of hydrogen-bond acceptors (Lipinski definition) is 2. The summed E-state index contributed by atoms with van der Waals surface area (Å²) in [6.45, 7) is 3.99. The van der Waals surface area contributed by atoms with Crippen molar-refractivity contribution in [3.8, 4) is 5.75 Å². The Morgan fingerprint density at radius 1 is 1.05 bits per heavy atom. The molecule has 0 unspecified atom stereocenters. The second-order valence-corrected chi connectivity index (χ2v) is 4.77. The van der Waals surface area contributed by atoms with Crippen molar-refractivity contribution in [3.05, 3.63) is 64.7 Å². The van der Waals surface area contributed by atoms with E-state index in [9.17, 15) is 4.79 Å². The summed E-state index contributed by atoms with van der Waals surface area (Å²) in [6.07, 6.45) is 0.437. The lowest BCUT2D eigenvalue weighted by Gasteiger charge is -2.07. The number of benzene rings is 2. The van der Waals surface area contributed by atoms with Gasteiger partial charge in [-0.05, 0) is 43.2 Å². The van der Waals surface area contributed by atoms with E-state index in [1.165, 1.54) is 5.56 Å². The van der Waals surface area contributed by atoms with Gasteiger partial charge < -0.3 is 4.74 Å². The lowest BCUT2D eigenvalue weighted by atomic mass is 10.0. The van der Waals surface area contributed by atoms with Gasteiger partial charge in [-0.1, -0.05) is 29.8 Å². The fourth-order valence-electron chi connectivity index (χ4n) is 2.05. The Labute approximate surface area is 114 Å². The maximum atomic E-state index is 12.2. The van der Waals surface area contributed by atoms with Crippen molar-refractivity contribution >= 4 is 5.78 Å². The van der Waals surface area contributed by atoms with E-state index in [1.54, 1.807) is 7.11 Å². The average Bonchev–Trinajstić information content (AvgIpc) is 2.41. The number of ether oxygens (including phenoxy) is 1.